The van der Waals surface area contributed by atoms with Gasteiger partial charge in [0.15, 0.2) is 0 Å². The molecule has 0 aliphatic rings. The first-order chi connectivity index (χ1) is 5.68. The maximum atomic E-state index is 5.98. The highest BCUT2D eigenvalue weighted by Crippen LogP contribution is 2.35. The van der Waals surface area contributed by atoms with Crippen LogP contribution in [-0.4, -0.2) is 0 Å². The van der Waals surface area contributed by atoms with Gasteiger partial charge in [-0.1, -0.05) is 23.2 Å². The molecule has 0 aliphatic carbocycles. The normalized spacial score (nSPS) is 10.9. The predicted octanol–water partition coefficient (Wildman–Crippen LogP) is 4.52. The molecule has 0 saturated heterocycles. The van der Waals surface area contributed by atoms with Crippen LogP contribution in [0.4, 0.5) is 0 Å². The van der Waals surface area contributed by atoms with E-state index < -0.39 is 0 Å². The number of aryl methyl sites for hydroxylation is 1. The Kier molecular flexibility index (Phi) is 2.03. The summed E-state index contributed by atoms with van der Waals surface area (Å²) >= 11 is 13.4. The van der Waals surface area contributed by atoms with Crippen LogP contribution in [0.15, 0.2) is 18.2 Å². The van der Waals surface area contributed by atoms with E-state index >= 15 is 0 Å². The fourth-order valence-corrected chi connectivity index (χ4v) is 2.60. The molecule has 0 aliphatic heterocycles. The fraction of sp³-hybridized carbons (Fsp3) is 0.111. The topological polar surface area (TPSA) is 0 Å². The van der Waals surface area contributed by atoms with Gasteiger partial charge in [-0.2, -0.15) is 0 Å². The van der Waals surface area contributed by atoms with Crippen molar-refractivity contribution >= 4 is 44.6 Å². The fourth-order valence-electron chi connectivity index (χ4n) is 1.16. The van der Waals surface area contributed by atoms with Crippen LogP contribution in [-0.2, 0) is 0 Å². The van der Waals surface area contributed by atoms with E-state index in [2.05, 4.69) is 0 Å². The number of fused-ring (bicyclic) bond motifs is 1. The predicted molar refractivity (Wildman–Crippen MR) is 56.6 cm³/mol. The second kappa shape index (κ2) is 2.91. The van der Waals surface area contributed by atoms with E-state index in [1.54, 1.807) is 11.3 Å². The van der Waals surface area contributed by atoms with Crippen LogP contribution in [0.25, 0.3) is 10.1 Å². The smallest absolute Gasteiger partial charge is 0.0969 e. The zero-order chi connectivity index (χ0) is 8.72. The number of hydrogen-bond acceptors (Lipinski definition) is 1. The van der Waals surface area contributed by atoms with Crippen LogP contribution >= 0.6 is 34.5 Å². The molecular formula is C9H6Cl2S. The maximum absolute atomic E-state index is 5.98. The van der Waals surface area contributed by atoms with Gasteiger partial charge in [-0.15, -0.1) is 11.3 Å². The Labute approximate surface area is 84.7 Å². The number of thiophene rings is 1. The quantitative estimate of drug-likeness (QED) is 0.608. The van der Waals surface area contributed by atoms with Crippen molar-refractivity contribution in [1.29, 1.82) is 0 Å². The molecule has 62 valence electrons. The van der Waals surface area contributed by atoms with Crippen LogP contribution in [0.1, 0.15) is 5.56 Å². The van der Waals surface area contributed by atoms with Crippen molar-refractivity contribution in [1.82, 2.24) is 0 Å². The lowest BCUT2D eigenvalue weighted by atomic mass is 10.2. The largest absolute Gasteiger partial charge is 0.123 e. The van der Waals surface area contributed by atoms with Gasteiger partial charge < -0.3 is 0 Å². The van der Waals surface area contributed by atoms with Crippen LogP contribution in [0.2, 0.25) is 9.36 Å². The molecule has 0 N–H and O–H groups in total. The Hall–Kier alpha value is -0.240. The highest BCUT2D eigenvalue weighted by atomic mass is 35.5. The summed E-state index contributed by atoms with van der Waals surface area (Å²) in [7, 11) is 0. The monoisotopic (exact) mass is 216 g/mol. The van der Waals surface area contributed by atoms with E-state index in [0.29, 0.717) is 0 Å². The third-order valence-corrected chi connectivity index (χ3v) is 3.65. The molecule has 2 rings (SSSR count). The third-order valence-electron chi connectivity index (χ3n) is 1.84. The first-order valence-electron chi connectivity index (χ1n) is 3.52. The molecule has 3 heteroatoms. The van der Waals surface area contributed by atoms with Crippen molar-refractivity contribution < 1.29 is 0 Å². The second-order valence-corrected chi connectivity index (χ2v) is 4.73. The minimum Gasteiger partial charge on any atom is -0.123 e. The van der Waals surface area contributed by atoms with Gasteiger partial charge in [0.2, 0.25) is 0 Å². The zero-order valence-corrected chi connectivity index (χ0v) is 8.72. The molecule has 0 bridgehead atoms. The summed E-state index contributed by atoms with van der Waals surface area (Å²) in [6, 6.07) is 5.84. The van der Waals surface area contributed by atoms with Gasteiger partial charge in [0.1, 0.15) is 0 Å². The van der Waals surface area contributed by atoms with Crippen LogP contribution in [0.5, 0.6) is 0 Å². The first kappa shape index (κ1) is 8.36. The van der Waals surface area contributed by atoms with Gasteiger partial charge in [-0.3, -0.25) is 0 Å². The Morgan fingerprint density at radius 3 is 2.75 bits per heavy atom. The Morgan fingerprint density at radius 1 is 1.25 bits per heavy atom. The van der Waals surface area contributed by atoms with Crippen molar-refractivity contribution in [3.05, 3.63) is 33.1 Å². The van der Waals surface area contributed by atoms with Gasteiger partial charge >= 0.3 is 0 Å². The van der Waals surface area contributed by atoms with E-state index in [1.807, 2.05) is 25.1 Å². The van der Waals surface area contributed by atoms with Crippen molar-refractivity contribution in [2.45, 2.75) is 6.92 Å². The molecule has 0 saturated carbocycles. The summed E-state index contributed by atoms with van der Waals surface area (Å²) in [5, 5.41) is 1.93. The molecule has 1 heterocycles. The van der Waals surface area contributed by atoms with Gasteiger partial charge in [0, 0.05) is 9.72 Å². The van der Waals surface area contributed by atoms with Crippen molar-refractivity contribution in [2.75, 3.05) is 0 Å². The van der Waals surface area contributed by atoms with Crippen LogP contribution < -0.4 is 0 Å². The molecule has 0 atom stereocenters. The molecule has 0 nitrogen and oxygen atoms in total. The van der Waals surface area contributed by atoms with Gasteiger partial charge in [-0.05, 0) is 36.1 Å². The SMILES string of the molecule is Cc1c(Cl)sc2ccc(Cl)cc12. The standard InChI is InChI=1S/C9H6Cl2S/c1-5-7-4-6(10)2-3-8(7)12-9(5)11/h2-4H,1H3. The average Bonchev–Trinajstić information content (AvgIpc) is 2.31. The van der Waals surface area contributed by atoms with Crippen molar-refractivity contribution in [3.8, 4) is 0 Å². The van der Waals surface area contributed by atoms with E-state index in [-0.39, 0.29) is 0 Å². The highest BCUT2D eigenvalue weighted by Gasteiger charge is 2.05. The van der Waals surface area contributed by atoms with Crippen molar-refractivity contribution in [3.63, 3.8) is 0 Å². The lowest BCUT2D eigenvalue weighted by molar-refractivity contribution is 1.60. The number of rotatable bonds is 0. The molecule has 0 radical (unpaired) electrons. The minimum atomic E-state index is 0.764. The molecule has 0 spiro atoms. The average molecular weight is 217 g/mol. The van der Waals surface area contributed by atoms with Gasteiger partial charge in [0.25, 0.3) is 0 Å². The molecular weight excluding hydrogens is 211 g/mol. The van der Waals surface area contributed by atoms with E-state index in [0.717, 1.165) is 20.3 Å². The summed E-state index contributed by atoms with van der Waals surface area (Å²) in [6.45, 7) is 2.01. The lowest BCUT2D eigenvalue weighted by Gasteiger charge is -1.91. The van der Waals surface area contributed by atoms with Crippen LogP contribution in [0.3, 0.4) is 0 Å². The second-order valence-electron chi connectivity index (χ2n) is 2.64. The van der Waals surface area contributed by atoms with E-state index in [4.69, 9.17) is 23.2 Å². The molecule has 2 aromatic rings. The summed E-state index contributed by atoms with van der Waals surface area (Å²) in [4.78, 5) is 0. The first-order valence-corrected chi connectivity index (χ1v) is 5.10. The molecule has 0 fully saturated rings. The third kappa shape index (κ3) is 1.22. The van der Waals surface area contributed by atoms with Gasteiger partial charge in [-0.25, -0.2) is 0 Å². The summed E-state index contributed by atoms with van der Waals surface area (Å²) in [6.07, 6.45) is 0. The molecule has 1 aromatic heterocycles. The number of benzene rings is 1. The summed E-state index contributed by atoms with van der Waals surface area (Å²) < 4.78 is 2.05. The number of hydrogen-bond donors (Lipinski definition) is 0. The zero-order valence-electron chi connectivity index (χ0n) is 6.40. The molecule has 0 amide bonds. The Balaban J connectivity index is 2.88. The number of halogens is 2. The Morgan fingerprint density at radius 2 is 2.00 bits per heavy atom. The van der Waals surface area contributed by atoms with Gasteiger partial charge in [0.05, 0.1) is 4.34 Å². The maximum Gasteiger partial charge on any atom is 0.0969 e. The molecule has 1 aromatic carbocycles. The minimum absolute atomic E-state index is 0.764. The van der Waals surface area contributed by atoms with E-state index in [9.17, 15) is 0 Å². The van der Waals surface area contributed by atoms with E-state index in [1.165, 1.54) is 4.70 Å². The summed E-state index contributed by atoms with van der Waals surface area (Å²) in [5.41, 5.74) is 1.12. The summed E-state index contributed by atoms with van der Waals surface area (Å²) in [5.74, 6) is 0. The molecule has 12 heavy (non-hydrogen) atoms. The highest BCUT2D eigenvalue weighted by molar-refractivity contribution is 7.22. The Bertz CT molecular complexity index is 431. The van der Waals surface area contributed by atoms with Crippen LogP contribution in [0, 0.1) is 6.92 Å². The van der Waals surface area contributed by atoms with Crippen molar-refractivity contribution in [2.24, 2.45) is 0 Å². The molecule has 0 unspecified atom stereocenters. The lowest BCUT2D eigenvalue weighted by Crippen LogP contribution is -1.68.